The Hall–Kier alpha value is -3.09. The summed E-state index contributed by atoms with van der Waals surface area (Å²) in [5.41, 5.74) is 1.27. The van der Waals surface area contributed by atoms with Crippen LogP contribution in [-0.4, -0.2) is 45.0 Å². The van der Waals surface area contributed by atoms with E-state index in [1.54, 1.807) is 12.5 Å². The van der Waals surface area contributed by atoms with Crippen LogP contribution in [0.2, 0.25) is 0 Å². The van der Waals surface area contributed by atoms with E-state index in [-0.39, 0.29) is 11.9 Å². The predicted octanol–water partition coefficient (Wildman–Crippen LogP) is 1.82. The summed E-state index contributed by atoms with van der Waals surface area (Å²) in [6.45, 7) is 1.63. The molecule has 0 spiro atoms. The minimum atomic E-state index is -0.188. The molecule has 1 aliphatic rings. The number of carbonyl (C=O) groups is 1. The van der Waals surface area contributed by atoms with Crippen molar-refractivity contribution in [2.45, 2.75) is 18.9 Å². The molecule has 7 heteroatoms. The molecule has 1 saturated heterocycles. The Balaban J connectivity index is 1.52. The highest BCUT2D eigenvalue weighted by Gasteiger charge is 2.24. The van der Waals surface area contributed by atoms with Crippen molar-refractivity contribution in [3.05, 3.63) is 54.9 Å². The van der Waals surface area contributed by atoms with E-state index < -0.39 is 0 Å². The molecule has 126 valence electrons. The summed E-state index contributed by atoms with van der Waals surface area (Å²) in [4.78, 5) is 31.3. The Labute approximate surface area is 145 Å². The van der Waals surface area contributed by atoms with E-state index in [0.29, 0.717) is 12.2 Å². The van der Waals surface area contributed by atoms with Gasteiger partial charge in [-0.2, -0.15) is 0 Å². The minimum Gasteiger partial charge on any atom is -0.354 e. The number of anilines is 1. The first-order chi connectivity index (χ1) is 12.3. The van der Waals surface area contributed by atoms with Crippen LogP contribution in [0.25, 0.3) is 10.9 Å². The Kier molecular flexibility index (Phi) is 4.20. The molecule has 0 radical (unpaired) electrons. The van der Waals surface area contributed by atoms with Crippen LogP contribution >= 0.6 is 0 Å². The molecule has 3 heterocycles. The van der Waals surface area contributed by atoms with Gasteiger partial charge in [0.15, 0.2) is 0 Å². The number of nitrogens with zero attached hydrogens (tertiary/aromatic N) is 5. The number of aromatic nitrogens is 4. The number of piperidine rings is 1. The highest BCUT2D eigenvalue weighted by Crippen LogP contribution is 2.25. The minimum absolute atomic E-state index is 0.0528. The fourth-order valence-electron chi connectivity index (χ4n) is 3.21. The third-order valence-electron chi connectivity index (χ3n) is 4.37. The smallest absolute Gasteiger partial charge is 0.271 e. The molecule has 4 rings (SSSR count). The number of amides is 1. The fraction of sp³-hybridized carbons (Fsp3) is 0.278. The molecule has 0 saturated carbocycles. The Morgan fingerprint density at radius 1 is 1.16 bits per heavy atom. The van der Waals surface area contributed by atoms with Crippen LogP contribution in [-0.2, 0) is 0 Å². The molecule has 1 aromatic carbocycles. The van der Waals surface area contributed by atoms with Gasteiger partial charge in [0, 0.05) is 36.9 Å². The Bertz CT molecular complexity index is 880. The third kappa shape index (κ3) is 3.26. The van der Waals surface area contributed by atoms with E-state index in [2.05, 4.69) is 30.2 Å². The summed E-state index contributed by atoms with van der Waals surface area (Å²) >= 11 is 0. The molecule has 2 aromatic heterocycles. The van der Waals surface area contributed by atoms with Crippen molar-refractivity contribution < 1.29 is 4.79 Å². The van der Waals surface area contributed by atoms with Crippen LogP contribution in [0.1, 0.15) is 23.3 Å². The second kappa shape index (κ2) is 6.80. The van der Waals surface area contributed by atoms with Crippen molar-refractivity contribution in [1.29, 1.82) is 0 Å². The average Bonchev–Trinajstić information content (AvgIpc) is 2.68. The van der Waals surface area contributed by atoms with Gasteiger partial charge in [-0.15, -0.1) is 0 Å². The summed E-state index contributed by atoms with van der Waals surface area (Å²) in [6.07, 6.45) is 8.08. The van der Waals surface area contributed by atoms with E-state index in [1.807, 2.05) is 24.3 Å². The number of benzene rings is 1. The van der Waals surface area contributed by atoms with Crippen molar-refractivity contribution in [3.63, 3.8) is 0 Å². The van der Waals surface area contributed by atoms with E-state index in [0.717, 1.165) is 36.1 Å². The molecule has 3 aromatic rings. The molecule has 0 bridgehead atoms. The molecule has 25 heavy (non-hydrogen) atoms. The largest absolute Gasteiger partial charge is 0.354 e. The molecular weight excluding hydrogens is 316 g/mol. The van der Waals surface area contributed by atoms with Crippen LogP contribution in [0.5, 0.6) is 0 Å². The molecule has 1 atom stereocenters. The summed E-state index contributed by atoms with van der Waals surface area (Å²) in [6, 6.07) is 8.03. The van der Waals surface area contributed by atoms with Crippen molar-refractivity contribution in [2.24, 2.45) is 0 Å². The quantitative estimate of drug-likeness (QED) is 0.786. The standard InChI is InChI=1S/C18H18N6O/c25-18(16-10-19-7-8-20-16)23-13-4-3-9-24(11-13)17-14-5-1-2-6-15(14)21-12-22-17/h1-2,5-8,10,12-13H,3-4,9,11H2,(H,23,25). The number of fused-ring (bicyclic) bond motifs is 1. The first kappa shape index (κ1) is 15.4. The SMILES string of the molecule is O=C(NC1CCCN(c2ncnc3ccccc23)C1)c1cnccn1. The number of hydrogen-bond acceptors (Lipinski definition) is 6. The van der Waals surface area contributed by atoms with Crippen LogP contribution in [0.3, 0.4) is 0 Å². The first-order valence-corrected chi connectivity index (χ1v) is 8.33. The molecule has 1 unspecified atom stereocenters. The molecule has 7 nitrogen and oxygen atoms in total. The highest BCUT2D eigenvalue weighted by molar-refractivity contribution is 5.92. The number of carbonyl (C=O) groups excluding carboxylic acids is 1. The topological polar surface area (TPSA) is 83.9 Å². The Morgan fingerprint density at radius 2 is 2.08 bits per heavy atom. The van der Waals surface area contributed by atoms with Gasteiger partial charge in [0.2, 0.25) is 0 Å². The second-order valence-electron chi connectivity index (χ2n) is 6.06. The molecular formula is C18H18N6O. The van der Waals surface area contributed by atoms with Crippen molar-refractivity contribution >= 4 is 22.6 Å². The van der Waals surface area contributed by atoms with Gasteiger partial charge in [0.1, 0.15) is 17.8 Å². The third-order valence-corrected chi connectivity index (χ3v) is 4.37. The summed E-state index contributed by atoms with van der Waals surface area (Å²) in [7, 11) is 0. The highest BCUT2D eigenvalue weighted by atomic mass is 16.2. The van der Waals surface area contributed by atoms with Crippen molar-refractivity contribution in [3.8, 4) is 0 Å². The predicted molar refractivity (Wildman–Crippen MR) is 94.3 cm³/mol. The first-order valence-electron chi connectivity index (χ1n) is 8.33. The van der Waals surface area contributed by atoms with Crippen molar-refractivity contribution in [2.75, 3.05) is 18.0 Å². The van der Waals surface area contributed by atoms with Gasteiger partial charge in [0.05, 0.1) is 11.7 Å². The van der Waals surface area contributed by atoms with Gasteiger partial charge in [0.25, 0.3) is 5.91 Å². The van der Waals surface area contributed by atoms with Crippen molar-refractivity contribution in [1.82, 2.24) is 25.3 Å². The van der Waals surface area contributed by atoms with E-state index in [4.69, 9.17) is 0 Å². The fourth-order valence-corrected chi connectivity index (χ4v) is 3.21. The van der Waals surface area contributed by atoms with Gasteiger partial charge in [-0.1, -0.05) is 12.1 Å². The normalized spacial score (nSPS) is 17.4. The van der Waals surface area contributed by atoms with Gasteiger partial charge in [-0.05, 0) is 25.0 Å². The monoisotopic (exact) mass is 334 g/mol. The second-order valence-corrected chi connectivity index (χ2v) is 6.06. The zero-order chi connectivity index (χ0) is 17.1. The van der Waals surface area contributed by atoms with Gasteiger partial charge in [-0.3, -0.25) is 9.78 Å². The summed E-state index contributed by atoms with van der Waals surface area (Å²) < 4.78 is 0. The van der Waals surface area contributed by atoms with Gasteiger partial charge >= 0.3 is 0 Å². The van der Waals surface area contributed by atoms with Crippen LogP contribution in [0, 0.1) is 0 Å². The van der Waals surface area contributed by atoms with Crippen LogP contribution in [0.4, 0.5) is 5.82 Å². The van der Waals surface area contributed by atoms with Crippen LogP contribution < -0.4 is 10.2 Å². The molecule has 1 amide bonds. The average molecular weight is 334 g/mol. The van der Waals surface area contributed by atoms with Gasteiger partial charge in [-0.25, -0.2) is 15.0 Å². The molecule has 1 N–H and O–H groups in total. The van der Waals surface area contributed by atoms with Crippen LogP contribution in [0.15, 0.2) is 49.2 Å². The molecule has 1 aliphatic heterocycles. The Morgan fingerprint density at radius 3 is 2.96 bits per heavy atom. The van der Waals surface area contributed by atoms with E-state index >= 15 is 0 Å². The van der Waals surface area contributed by atoms with Gasteiger partial charge < -0.3 is 10.2 Å². The summed E-state index contributed by atoms with van der Waals surface area (Å²) in [5.74, 6) is 0.733. The summed E-state index contributed by atoms with van der Waals surface area (Å²) in [5, 5.41) is 4.09. The number of rotatable bonds is 3. The van der Waals surface area contributed by atoms with E-state index in [1.165, 1.54) is 12.4 Å². The zero-order valence-electron chi connectivity index (χ0n) is 13.7. The molecule has 1 fully saturated rings. The lowest BCUT2D eigenvalue weighted by Crippen LogP contribution is -2.48. The lowest BCUT2D eigenvalue weighted by atomic mass is 10.0. The lowest BCUT2D eigenvalue weighted by molar-refractivity contribution is 0.0927. The maximum Gasteiger partial charge on any atom is 0.271 e. The number of nitrogens with one attached hydrogen (secondary N) is 1. The molecule has 0 aliphatic carbocycles. The number of hydrogen-bond donors (Lipinski definition) is 1. The zero-order valence-corrected chi connectivity index (χ0v) is 13.7. The number of para-hydroxylation sites is 1. The maximum atomic E-state index is 12.3. The maximum absolute atomic E-state index is 12.3. The van der Waals surface area contributed by atoms with E-state index in [9.17, 15) is 4.79 Å². The lowest BCUT2D eigenvalue weighted by Gasteiger charge is -2.34.